The molecule has 1 amide bonds. The summed E-state index contributed by atoms with van der Waals surface area (Å²) in [5.74, 6) is -0.360. The number of hydrogen-bond donors (Lipinski definition) is 1. The first-order valence-corrected chi connectivity index (χ1v) is 11.0. The van der Waals surface area contributed by atoms with Gasteiger partial charge in [0.05, 0.1) is 5.39 Å². The molecule has 7 nitrogen and oxygen atoms in total. The second-order valence-electron chi connectivity index (χ2n) is 9.25. The van der Waals surface area contributed by atoms with Gasteiger partial charge in [0.15, 0.2) is 6.04 Å². The van der Waals surface area contributed by atoms with Crippen LogP contribution in [-0.4, -0.2) is 17.7 Å². The van der Waals surface area contributed by atoms with Crippen LogP contribution in [0.3, 0.4) is 0 Å². The Kier molecular flexibility index (Phi) is 5.97. The number of carbonyl (C=O) groups excluding carboxylic acids is 2. The van der Waals surface area contributed by atoms with E-state index >= 15 is 0 Å². The van der Waals surface area contributed by atoms with Crippen molar-refractivity contribution < 1.29 is 23.5 Å². The summed E-state index contributed by atoms with van der Waals surface area (Å²) < 4.78 is 16.7. The summed E-state index contributed by atoms with van der Waals surface area (Å²) in [6.07, 6.45) is 1.47. The topological polar surface area (TPSA) is 94.8 Å². The Balaban J connectivity index is 1.72. The van der Waals surface area contributed by atoms with Crippen molar-refractivity contribution in [3.63, 3.8) is 0 Å². The van der Waals surface area contributed by atoms with Crippen LogP contribution < -0.4 is 15.7 Å². The van der Waals surface area contributed by atoms with Gasteiger partial charge in [-0.1, -0.05) is 30.3 Å². The van der Waals surface area contributed by atoms with Gasteiger partial charge < -0.3 is 19.2 Å². The van der Waals surface area contributed by atoms with E-state index in [1.54, 1.807) is 57.2 Å². The fraction of sp³-hybridized carbons (Fsp3) is 0.346. The number of aryl methyl sites for hydroxylation is 2. The maximum Gasteiger partial charge on any atom is 0.408 e. The van der Waals surface area contributed by atoms with E-state index in [2.05, 4.69) is 5.32 Å². The molecule has 0 unspecified atom stereocenters. The lowest BCUT2D eigenvalue weighted by molar-refractivity contribution is -0.136. The molecule has 0 bridgehead atoms. The highest BCUT2D eigenvalue weighted by Gasteiger charge is 2.29. The monoisotopic (exact) mass is 449 g/mol. The third-order valence-electron chi connectivity index (χ3n) is 5.42. The van der Waals surface area contributed by atoms with Gasteiger partial charge in [-0.15, -0.1) is 0 Å². The Morgan fingerprint density at radius 2 is 1.76 bits per heavy atom. The molecule has 4 rings (SSSR count). The van der Waals surface area contributed by atoms with Crippen molar-refractivity contribution in [2.45, 2.75) is 58.6 Å². The van der Waals surface area contributed by atoms with E-state index in [0.29, 0.717) is 40.7 Å². The molecule has 0 saturated carbocycles. The largest absolute Gasteiger partial charge is 0.444 e. The minimum Gasteiger partial charge on any atom is -0.444 e. The number of rotatable bonds is 4. The SMILES string of the molecule is Cc1cc(OC(=O)[C@@H](NC(=O)OC(C)(C)C)c2ccccc2)c2c3c(c(=O)oc2c1)CCC3. The number of fused-ring (bicyclic) bond motifs is 3. The summed E-state index contributed by atoms with van der Waals surface area (Å²) in [7, 11) is 0. The van der Waals surface area contributed by atoms with Crippen LogP contribution in [0.15, 0.2) is 51.7 Å². The highest BCUT2D eigenvalue weighted by atomic mass is 16.6. The van der Waals surface area contributed by atoms with Crippen LogP contribution in [0.25, 0.3) is 11.0 Å². The van der Waals surface area contributed by atoms with Crippen molar-refractivity contribution >= 4 is 23.0 Å². The number of alkyl carbamates (subject to hydrolysis) is 1. The minimum absolute atomic E-state index is 0.309. The number of hydrogen-bond acceptors (Lipinski definition) is 6. The minimum atomic E-state index is -1.08. The Morgan fingerprint density at radius 3 is 2.45 bits per heavy atom. The number of esters is 1. The zero-order valence-electron chi connectivity index (χ0n) is 19.2. The van der Waals surface area contributed by atoms with Crippen LogP contribution in [0.5, 0.6) is 5.75 Å². The highest BCUT2D eigenvalue weighted by Crippen LogP contribution is 2.35. The maximum absolute atomic E-state index is 13.4. The Bertz CT molecular complexity index is 1270. The van der Waals surface area contributed by atoms with Crippen LogP contribution in [0.2, 0.25) is 0 Å². The summed E-state index contributed by atoms with van der Waals surface area (Å²) in [4.78, 5) is 38.2. The molecule has 172 valence electrons. The zero-order valence-corrected chi connectivity index (χ0v) is 19.2. The first kappa shape index (κ1) is 22.6. The number of amides is 1. The van der Waals surface area contributed by atoms with Crippen molar-refractivity contribution in [2.75, 3.05) is 0 Å². The standard InChI is InChI=1S/C26H27NO6/c1-15-13-19-21(17-11-8-12-18(17)23(28)31-19)20(14-15)32-24(29)22(16-9-6-5-7-10-16)27-25(30)33-26(2,3)4/h5-7,9-10,13-14,22H,8,11-12H2,1-4H3,(H,27,30)/t22-/m0/s1. The summed E-state index contributed by atoms with van der Waals surface area (Å²) in [5.41, 5.74) is 2.16. The second-order valence-corrected chi connectivity index (χ2v) is 9.25. The molecule has 1 aliphatic rings. The van der Waals surface area contributed by atoms with E-state index < -0.39 is 23.7 Å². The van der Waals surface area contributed by atoms with Crippen molar-refractivity contribution in [2.24, 2.45) is 0 Å². The molecular formula is C26H27NO6. The summed E-state index contributed by atoms with van der Waals surface area (Å²) in [5, 5.41) is 3.25. The fourth-order valence-corrected chi connectivity index (χ4v) is 4.10. The van der Waals surface area contributed by atoms with E-state index in [9.17, 15) is 14.4 Å². The van der Waals surface area contributed by atoms with Crippen LogP contribution >= 0.6 is 0 Å². The van der Waals surface area contributed by atoms with Gasteiger partial charge in [0, 0.05) is 5.56 Å². The number of ether oxygens (including phenoxy) is 2. The number of benzene rings is 2. The molecule has 1 atom stereocenters. The average Bonchev–Trinajstić information content (AvgIpc) is 3.21. The molecule has 33 heavy (non-hydrogen) atoms. The van der Waals surface area contributed by atoms with Crippen LogP contribution in [-0.2, 0) is 22.4 Å². The van der Waals surface area contributed by atoms with Crippen molar-refractivity contribution in [3.05, 3.63) is 75.1 Å². The van der Waals surface area contributed by atoms with E-state index in [0.717, 1.165) is 17.5 Å². The molecule has 0 fully saturated rings. The first-order valence-electron chi connectivity index (χ1n) is 11.0. The van der Waals surface area contributed by atoms with Crippen molar-refractivity contribution in [1.82, 2.24) is 5.32 Å². The van der Waals surface area contributed by atoms with Gasteiger partial charge in [0.25, 0.3) is 0 Å². The molecule has 1 aromatic heterocycles. The van der Waals surface area contributed by atoms with Gasteiger partial charge in [-0.3, -0.25) is 0 Å². The first-order chi connectivity index (χ1) is 15.6. The normalized spacial score (nSPS) is 13.9. The molecule has 3 aromatic rings. The van der Waals surface area contributed by atoms with Gasteiger partial charge in [-0.05, 0) is 75.8 Å². The van der Waals surface area contributed by atoms with Crippen molar-refractivity contribution in [1.29, 1.82) is 0 Å². The molecule has 1 heterocycles. The van der Waals surface area contributed by atoms with Crippen LogP contribution in [0.1, 0.15) is 55.5 Å². The second kappa shape index (κ2) is 8.73. The van der Waals surface area contributed by atoms with Crippen LogP contribution in [0, 0.1) is 6.92 Å². The summed E-state index contributed by atoms with van der Waals surface area (Å²) >= 11 is 0. The molecule has 1 aliphatic carbocycles. The third kappa shape index (κ3) is 4.92. The molecule has 0 aliphatic heterocycles. The average molecular weight is 450 g/mol. The van der Waals surface area contributed by atoms with Crippen LogP contribution in [0.4, 0.5) is 4.79 Å². The Morgan fingerprint density at radius 1 is 1.06 bits per heavy atom. The van der Waals surface area contributed by atoms with E-state index in [-0.39, 0.29) is 5.63 Å². The predicted octanol–water partition coefficient (Wildman–Crippen LogP) is 4.76. The maximum atomic E-state index is 13.4. The lowest BCUT2D eigenvalue weighted by Gasteiger charge is -2.23. The molecular weight excluding hydrogens is 422 g/mol. The number of carbonyl (C=O) groups is 2. The van der Waals surface area contributed by atoms with E-state index in [1.807, 2.05) is 13.0 Å². The lowest BCUT2D eigenvalue weighted by Crippen LogP contribution is -2.39. The van der Waals surface area contributed by atoms with Crippen molar-refractivity contribution in [3.8, 4) is 5.75 Å². The molecule has 1 N–H and O–H groups in total. The van der Waals surface area contributed by atoms with E-state index in [1.165, 1.54) is 0 Å². The fourth-order valence-electron chi connectivity index (χ4n) is 4.10. The lowest BCUT2D eigenvalue weighted by atomic mass is 10.0. The zero-order chi connectivity index (χ0) is 23.8. The predicted molar refractivity (Wildman–Crippen MR) is 123 cm³/mol. The molecule has 0 spiro atoms. The smallest absolute Gasteiger partial charge is 0.408 e. The molecule has 0 saturated heterocycles. The third-order valence-corrected chi connectivity index (χ3v) is 5.42. The molecule has 7 heteroatoms. The summed E-state index contributed by atoms with van der Waals surface area (Å²) in [6.45, 7) is 7.07. The van der Waals surface area contributed by atoms with Gasteiger partial charge in [-0.25, -0.2) is 14.4 Å². The quantitative estimate of drug-likeness (QED) is 0.351. The highest BCUT2D eigenvalue weighted by molar-refractivity contribution is 5.92. The molecule has 2 aromatic carbocycles. The summed E-state index contributed by atoms with van der Waals surface area (Å²) in [6, 6.07) is 11.3. The van der Waals surface area contributed by atoms with Gasteiger partial charge in [0.1, 0.15) is 16.9 Å². The van der Waals surface area contributed by atoms with E-state index in [4.69, 9.17) is 13.9 Å². The Labute approximate surface area is 191 Å². The van der Waals surface area contributed by atoms with Gasteiger partial charge in [-0.2, -0.15) is 0 Å². The van der Waals surface area contributed by atoms with Gasteiger partial charge in [0.2, 0.25) is 0 Å². The Hall–Kier alpha value is -3.61. The van der Waals surface area contributed by atoms with Gasteiger partial charge >= 0.3 is 17.7 Å². The number of nitrogens with one attached hydrogen (secondary N) is 1. The molecule has 0 radical (unpaired) electrons.